The molecule has 1 aliphatic carbocycles. The van der Waals surface area contributed by atoms with Crippen LogP contribution in [0.15, 0.2) is 5.10 Å². The van der Waals surface area contributed by atoms with E-state index in [0.717, 1.165) is 30.8 Å². The highest BCUT2D eigenvalue weighted by atomic mass is 32.2. The number of ether oxygens (including phenoxy) is 2. The normalized spacial score (nSPS) is 21.8. The van der Waals surface area contributed by atoms with E-state index in [0.29, 0.717) is 68.9 Å². The fraction of sp³-hybridized carbons (Fsp3) is 0.833. The molecule has 11 nitrogen and oxygen atoms in total. The molecule has 2 aliphatic heterocycles. The van der Waals surface area contributed by atoms with Crippen LogP contribution >= 0.6 is 11.8 Å². The number of hydrogen-bond acceptors (Lipinski definition) is 8. The Kier molecular flexibility index (Phi) is 10.7. The molecule has 2 heterocycles. The summed E-state index contributed by atoms with van der Waals surface area (Å²) in [5.41, 5.74) is -0.896. The van der Waals surface area contributed by atoms with Crippen LogP contribution in [0.25, 0.3) is 0 Å². The molecule has 3 rings (SSSR count). The van der Waals surface area contributed by atoms with E-state index < -0.39 is 17.9 Å². The fourth-order valence-electron chi connectivity index (χ4n) is 4.34. The molecule has 3 aliphatic rings. The zero-order valence-electron chi connectivity index (χ0n) is 22.1. The van der Waals surface area contributed by atoms with Gasteiger partial charge in [0.25, 0.3) is 11.5 Å². The Bertz CT molecular complexity index is 796. The Morgan fingerprint density at radius 2 is 1.78 bits per heavy atom. The van der Waals surface area contributed by atoms with E-state index in [1.54, 1.807) is 4.90 Å². The van der Waals surface area contributed by atoms with Gasteiger partial charge in [-0.05, 0) is 52.1 Å². The number of amides is 4. The second-order valence-corrected chi connectivity index (χ2v) is 11.4. The molecule has 0 aromatic carbocycles. The summed E-state index contributed by atoms with van der Waals surface area (Å²) in [6.07, 6.45) is 3.94. The number of morpholine rings is 1. The van der Waals surface area contributed by atoms with E-state index >= 15 is 0 Å². The number of rotatable bonds is 9. The minimum atomic E-state index is -1.10. The van der Waals surface area contributed by atoms with Gasteiger partial charge in [-0.15, -0.1) is 5.10 Å². The second-order valence-electron chi connectivity index (χ2n) is 10.3. The number of carbonyl (C=O) groups is 3. The first kappa shape index (κ1) is 28.5. The summed E-state index contributed by atoms with van der Waals surface area (Å²) in [5, 5.41) is 11.9. The summed E-state index contributed by atoms with van der Waals surface area (Å²) >= 11 is 1.38. The first-order valence-electron chi connectivity index (χ1n) is 13.0. The number of hydrogen-bond donors (Lipinski definition) is 2. The van der Waals surface area contributed by atoms with Crippen LogP contribution in [-0.4, -0.2) is 102 Å². The third kappa shape index (κ3) is 8.24. The molecule has 2 N–H and O–H groups in total. The lowest BCUT2D eigenvalue weighted by atomic mass is 9.89. The number of ketones is 1. The maximum atomic E-state index is 13.5. The molecular formula is C24H42N6O5S. The van der Waals surface area contributed by atoms with Crippen LogP contribution in [0.2, 0.25) is 0 Å². The van der Waals surface area contributed by atoms with E-state index in [-0.39, 0.29) is 11.8 Å². The van der Waals surface area contributed by atoms with Crippen molar-refractivity contribution in [3.05, 3.63) is 0 Å². The molecule has 204 valence electrons. The van der Waals surface area contributed by atoms with Crippen molar-refractivity contribution in [3.63, 3.8) is 0 Å². The van der Waals surface area contributed by atoms with Gasteiger partial charge in [-0.2, -0.15) is 5.01 Å². The topological polar surface area (TPSA) is 116 Å². The van der Waals surface area contributed by atoms with Crippen molar-refractivity contribution in [2.45, 2.75) is 70.7 Å². The van der Waals surface area contributed by atoms with Crippen LogP contribution < -0.4 is 10.6 Å². The smallest absolute Gasteiger partial charge is 0.343 e. The molecule has 0 bridgehead atoms. The Morgan fingerprint density at radius 1 is 1.11 bits per heavy atom. The molecule has 1 saturated carbocycles. The summed E-state index contributed by atoms with van der Waals surface area (Å²) in [5.74, 6) is 0.891. The van der Waals surface area contributed by atoms with Gasteiger partial charge < -0.3 is 29.9 Å². The molecule has 0 spiro atoms. The lowest BCUT2D eigenvalue weighted by Gasteiger charge is -2.41. The largest absolute Gasteiger partial charge is 0.438 e. The number of urea groups is 2. The molecule has 1 saturated heterocycles. The second kappa shape index (κ2) is 13.5. The molecule has 12 heteroatoms. The highest BCUT2D eigenvalue weighted by molar-refractivity contribution is 8.13. The van der Waals surface area contributed by atoms with Crippen LogP contribution in [0.3, 0.4) is 0 Å². The summed E-state index contributed by atoms with van der Waals surface area (Å²) < 4.78 is 11.2. The number of nitrogens with zero attached hydrogens (tertiary/aromatic N) is 4. The molecule has 0 aromatic heterocycles. The van der Waals surface area contributed by atoms with Crippen LogP contribution in [0.1, 0.15) is 58.8 Å². The summed E-state index contributed by atoms with van der Waals surface area (Å²) in [6.45, 7) is 6.94. The Labute approximate surface area is 218 Å². The van der Waals surface area contributed by atoms with Gasteiger partial charge in [-0.3, -0.25) is 4.79 Å². The van der Waals surface area contributed by atoms with E-state index in [9.17, 15) is 14.4 Å². The van der Waals surface area contributed by atoms with Crippen molar-refractivity contribution < 1.29 is 23.9 Å². The van der Waals surface area contributed by atoms with Gasteiger partial charge in [-0.25, -0.2) is 9.59 Å². The zero-order chi connectivity index (χ0) is 26.1. The third-order valence-corrected chi connectivity index (χ3v) is 7.35. The number of nitrogens with one attached hydrogen (secondary N) is 2. The maximum Gasteiger partial charge on any atom is 0.343 e. The zero-order valence-corrected chi connectivity index (χ0v) is 22.9. The van der Waals surface area contributed by atoms with Gasteiger partial charge >= 0.3 is 12.1 Å². The van der Waals surface area contributed by atoms with Gasteiger partial charge in [0.2, 0.25) is 0 Å². The van der Waals surface area contributed by atoms with Crippen molar-refractivity contribution >= 4 is 34.8 Å². The number of carbonyl (C=O) groups excluding carboxylic acids is 3. The first-order chi connectivity index (χ1) is 17.2. The van der Waals surface area contributed by atoms with Gasteiger partial charge in [-0.1, -0.05) is 32.0 Å². The summed E-state index contributed by atoms with van der Waals surface area (Å²) in [7, 11) is 3.95. The predicted molar refractivity (Wildman–Crippen MR) is 140 cm³/mol. The molecular weight excluding hydrogens is 484 g/mol. The van der Waals surface area contributed by atoms with E-state index in [1.165, 1.54) is 11.8 Å². The van der Waals surface area contributed by atoms with E-state index in [2.05, 4.69) is 29.6 Å². The third-order valence-electron chi connectivity index (χ3n) is 6.54. The monoisotopic (exact) mass is 526 g/mol. The summed E-state index contributed by atoms with van der Waals surface area (Å²) in [4.78, 5) is 43.3. The molecule has 1 unspecified atom stereocenters. The van der Waals surface area contributed by atoms with E-state index in [4.69, 9.17) is 9.47 Å². The maximum absolute atomic E-state index is 13.5. The molecule has 0 aromatic rings. The molecule has 4 amide bonds. The number of Topliss-reactive ketones (excluding diaryl/α,β-unsaturated/α-hetero) is 1. The average Bonchev–Trinajstić information content (AvgIpc) is 3.28. The van der Waals surface area contributed by atoms with Gasteiger partial charge in [0.1, 0.15) is 5.66 Å². The van der Waals surface area contributed by atoms with Crippen LogP contribution in [0.4, 0.5) is 9.59 Å². The SMILES string of the molecule is CC(C)CCC(=O)C1OC(SCCN(C)C)=NN1C(=O)NC1(NC(=O)N2CCOCC2)CCCCC1. The van der Waals surface area contributed by atoms with Crippen molar-refractivity contribution in [2.24, 2.45) is 11.0 Å². The van der Waals surface area contributed by atoms with Crippen LogP contribution in [0.5, 0.6) is 0 Å². The summed E-state index contributed by atoms with van der Waals surface area (Å²) in [6, 6.07) is -0.753. The van der Waals surface area contributed by atoms with Crippen LogP contribution in [0, 0.1) is 5.92 Å². The standard InChI is InChI=1S/C24H42N6O5S/c1-18(2)8-9-19(31)20-30(27-23(35-20)36-17-14-28(3)4)22(33)26-24(10-6-5-7-11-24)25-21(32)29-12-15-34-16-13-29/h18,20H,5-17H2,1-4H3,(H,25,32)(H,26,33). The minimum absolute atomic E-state index is 0.180. The highest BCUT2D eigenvalue weighted by Gasteiger charge is 2.43. The highest BCUT2D eigenvalue weighted by Crippen LogP contribution is 2.28. The molecule has 0 radical (unpaired) electrons. The van der Waals surface area contributed by atoms with E-state index in [1.807, 2.05) is 19.0 Å². The minimum Gasteiger partial charge on any atom is -0.438 e. The lowest BCUT2D eigenvalue weighted by Crippen LogP contribution is -2.66. The predicted octanol–water partition coefficient (Wildman–Crippen LogP) is 2.63. The quantitative estimate of drug-likeness (QED) is 0.444. The molecule has 1 atom stereocenters. The van der Waals surface area contributed by atoms with Gasteiger partial charge in [0, 0.05) is 31.8 Å². The number of thioether (sulfide) groups is 1. The first-order valence-corrected chi connectivity index (χ1v) is 14.0. The van der Waals surface area contributed by atoms with Gasteiger partial charge in [0.15, 0.2) is 5.78 Å². The molecule has 36 heavy (non-hydrogen) atoms. The Morgan fingerprint density at radius 3 is 2.42 bits per heavy atom. The molecule has 2 fully saturated rings. The van der Waals surface area contributed by atoms with Crippen molar-refractivity contribution in [2.75, 3.05) is 52.7 Å². The van der Waals surface area contributed by atoms with Crippen LogP contribution in [-0.2, 0) is 14.3 Å². The fourth-order valence-corrected chi connectivity index (χ4v) is 5.28. The van der Waals surface area contributed by atoms with Crippen molar-refractivity contribution in [1.29, 1.82) is 0 Å². The van der Waals surface area contributed by atoms with Crippen molar-refractivity contribution in [3.8, 4) is 0 Å². The van der Waals surface area contributed by atoms with Gasteiger partial charge in [0.05, 0.1) is 13.2 Å². The Balaban J connectivity index is 1.72. The lowest BCUT2D eigenvalue weighted by molar-refractivity contribution is -0.131. The van der Waals surface area contributed by atoms with Crippen molar-refractivity contribution in [1.82, 2.24) is 25.4 Å². The number of hydrazone groups is 1. The average molecular weight is 527 g/mol. The Hall–Kier alpha value is -2.05.